The van der Waals surface area contributed by atoms with Crippen LogP contribution in [0.4, 0.5) is 5.95 Å². The van der Waals surface area contributed by atoms with Crippen LogP contribution in [0.1, 0.15) is 18.5 Å². The van der Waals surface area contributed by atoms with E-state index in [1.807, 2.05) is 13.0 Å². The minimum atomic E-state index is -0.431. The SMILES string of the molecule is CNC(=O)C(C)n1c(N)nc2c(C)ccnc21. The van der Waals surface area contributed by atoms with Crippen molar-refractivity contribution in [3.8, 4) is 0 Å². The summed E-state index contributed by atoms with van der Waals surface area (Å²) in [5.41, 5.74) is 8.21. The van der Waals surface area contributed by atoms with Crippen molar-refractivity contribution in [1.29, 1.82) is 0 Å². The summed E-state index contributed by atoms with van der Waals surface area (Å²) in [6.45, 7) is 3.70. The third kappa shape index (κ3) is 1.71. The number of carbonyl (C=O) groups is 1. The molecule has 90 valence electrons. The highest BCUT2D eigenvalue weighted by Gasteiger charge is 2.20. The van der Waals surface area contributed by atoms with Crippen molar-refractivity contribution in [2.75, 3.05) is 12.8 Å². The highest BCUT2D eigenvalue weighted by molar-refractivity contribution is 5.84. The molecule has 0 aromatic carbocycles. The fourth-order valence-corrected chi connectivity index (χ4v) is 1.84. The van der Waals surface area contributed by atoms with Crippen LogP contribution >= 0.6 is 0 Å². The second-order valence-electron chi connectivity index (χ2n) is 3.93. The fourth-order valence-electron chi connectivity index (χ4n) is 1.84. The number of hydrogen-bond acceptors (Lipinski definition) is 4. The Bertz CT molecular complexity index is 574. The van der Waals surface area contributed by atoms with Gasteiger partial charge in [0.25, 0.3) is 0 Å². The number of nitrogens with two attached hydrogens (primary N) is 1. The van der Waals surface area contributed by atoms with Gasteiger partial charge in [-0.15, -0.1) is 0 Å². The van der Waals surface area contributed by atoms with E-state index < -0.39 is 6.04 Å². The van der Waals surface area contributed by atoms with Crippen LogP contribution < -0.4 is 11.1 Å². The number of rotatable bonds is 2. The lowest BCUT2D eigenvalue weighted by Gasteiger charge is -2.13. The van der Waals surface area contributed by atoms with E-state index in [9.17, 15) is 4.79 Å². The molecule has 0 fully saturated rings. The van der Waals surface area contributed by atoms with E-state index in [0.29, 0.717) is 11.6 Å². The number of carbonyl (C=O) groups excluding carboxylic acids is 1. The predicted molar refractivity (Wildman–Crippen MR) is 65.5 cm³/mol. The molecule has 2 aromatic heterocycles. The number of fused-ring (bicyclic) bond motifs is 1. The normalized spacial score (nSPS) is 12.6. The smallest absolute Gasteiger partial charge is 0.242 e. The van der Waals surface area contributed by atoms with Gasteiger partial charge in [0.2, 0.25) is 11.9 Å². The number of nitrogens with zero attached hydrogens (tertiary/aromatic N) is 3. The van der Waals surface area contributed by atoms with E-state index in [-0.39, 0.29) is 5.91 Å². The topological polar surface area (TPSA) is 85.8 Å². The molecule has 1 amide bonds. The molecule has 0 aliphatic rings. The Kier molecular flexibility index (Phi) is 2.71. The van der Waals surface area contributed by atoms with E-state index in [4.69, 9.17) is 5.73 Å². The molecule has 2 rings (SSSR count). The van der Waals surface area contributed by atoms with Crippen molar-refractivity contribution in [2.45, 2.75) is 19.9 Å². The van der Waals surface area contributed by atoms with Crippen LogP contribution in [0.3, 0.4) is 0 Å². The van der Waals surface area contributed by atoms with Crippen molar-refractivity contribution in [1.82, 2.24) is 19.9 Å². The van der Waals surface area contributed by atoms with Gasteiger partial charge in [-0.05, 0) is 25.5 Å². The zero-order valence-corrected chi connectivity index (χ0v) is 10.1. The molecule has 0 bridgehead atoms. The molecule has 1 unspecified atom stereocenters. The molecule has 6 nitrogen and oxygen atoms in total. The van der Waals surface area contributed by atoms with Crippen molar-refractivity contribution in [2.24, 2.45) is 0 Å². The molecule has 0 radical (unpaired) electrons. The first-order valence-corrected chi connectivity index (χ1v) is 5.37. The number of anilines is 1. The molecule has 2 heterocycles. The van der Waals surface area contributed by atoms with E-state index in [1.165, 1.54) is 0 Å². The second kappa shape index (κ2) is 4.04. The minimum absolute atomic E-state index is 0.126. The Morgan fingerprint density at radius 2 is 2.29 bits per heavy atom. The number of imidazole rings is 1. The molecular formula is C11H15N5O. The third-order valence-electron chi connectivity index (χ3n) is 2.82. The average Bonchev–Trinajstić information content (AvgIpc) is 2.65. The Morgan fingerprint density at radius 3 is 2.94 bits per heavy atom. The van der Waals surface area contributed by atoms with Crippen LogP contribution in [-0.2, 0) is 4.79 Å². The van der Waals surface area contributed by atoms with Gasteiger partial charge in [-0.25, -0.2) is 9.97 Å². The largest absolute Gasteiger partial charge is 0.369 e. The summed E-state index contributed by atoms with van der Waals surface area (Å²) in [6.07, 6.45) is 1.69. The van der Waals surface area contributed by atoms with Crippen LogP contribution in [0.5, 0.6) is 0 Å². The summed E-state index contributed by atoms with van der Waals surface area (Å²) in [6, 6.07) is 1.43. The first kappa shape index (κ1) is 11.4. The second-order valence-corrected chi connectivity index (χ2v) is 3.93. The quantitative estimate of drug-likeness (QED) is 0.796. The standard InChI is InChI=1S/C11H15N5O/c1-6-4-5-14-9-8(6)15-11(12)16(9)7(2)10(17)13-3/h4-5,7H,1-3H3,(H2,12,15)(H,13,17). The number of nitrogen functional groups attached to an aromatic ring is 1. The Morgan fingerprint density at radius 1 is 1.59 bits per heavy atom. The van der Waals surface area contributed by atoms with Crippen LogP contribution in [0.2, 0.25) is 0 Å². The van der Waals surface area contributed by atoms with Crippen LogP contribution in [0, 0.1) is 6.92 Å². The Hall–Kier alpha value is -2.11. The lowest BCUT2D eigenvalue weighted by atomic mass is 10.2. The number of pyridine rings is 1. The first-order valence-electron chi connectivity index (χ1n) is 5.37. The summed E-state index contributed by atoms with van der Waals surface area (Å²) in [5.74, 6) is 0.178. The maximum atomic E-state index is 11.6. The van der Waals surface area contributed by atoms with Gasteiger partial charge in [0.15, 0.2) is 5.65 Å². The molecule has 0 saturated carbocycles. The summed E-state index contributed by atoms with van der Waals surface area (Å²) < 4.78 is 1.64. The van der Waals surface area contributed by atoms with E-state index in [1.54, 1.807) is 24.7 Å². The maximum absolute atomic E-state index is 11.6. The third-order valence-corrected chi connectivity index (χ3v) is 2.82. The molecule has 1 atom stereocenters. The van der Waals surface area contributed by atoms with Crippen LogP contribution in [0.15, 0.2) is 12.3 Å². The molecular weight excluding hydrogens is 218 g/mol. The zero-order valence-electron chi connectivity index (χ0n) is 10.1. The van der Waals surface area contributed by atoms with Gasteiger partial charge in [0.1, 0.15) is 11.6 Å². The van der Waals surface area contributed by atoms with Gasteiger partial charge in [-0.1, -0.05) is 0 Å². The van der Waals surface area contributed by atoms with Crippen LogP contribution in [-0.4, -0.2) is 27.5 Å². The summed E-state index contributed by atoms with van der Waals surface area (Å²) in [7, 11) is 1.59. The molecule has 0 spiro atoms. The number of nitrogens with one attached hydrogen (secondary N) is 1. The lowest BCUT2D eigenvalue weighted by molar-refractivity contribution is -0.123. The number of likely N-dealkylation sites (N-methyl/N-ethyl adjacent to an activating group) is 1. The molecule has 0 aliphatic carbocycles. The summed E-state index contributed by atoms with van der Waals surface area (Å²) in [4.78, 5) is 20.1. The van der Waals surface area contributed by atoms with E-state index in [2.05, 4.69) is 15.3 Å². The first-order chi connectivity index (χ1) is 8.06. The Labute approximate surface area is 98.8 Å². The van der Waals surface area contributed by atoms with Gasteiger partial charge in [0, 0.05) is 13.2 Å². The maximum Gasteiger partial charge on any atom is 0.242 e. The van der Waals surface area contributed by atoms with Crippen molar-refractivity contribution >= 4 is 23.0 Å². The Balaban J connectivity index is 2.65. The van der Waals surface area contributed by atoms with Gasteiger partial charge in [-0.3, -0.25) is 9.36 Å². The number of amides is 1. The molecule has 0 saturated heterocycles. The summed E-state index contributed by atoms with van der Waals surface area (Å²) in [5, 5.41) is 2.59. The van der Waals surface area contributed by atoms with Gasteiger partial charge in [0.05, 0.1) is 0 Å². The highest BCUT2D eigenvalue weighted by atomic mass is 16.2. The highest BCUT2D eigenvalue weighted by Crippen LogP contribution is 2.22. The minimum Gasteiger partial charge on any atom is -0.369 e. The van der Waals surface area contributed by atoms with Crippen molar-refractivity contribution in [3.63, 3.8) is 0 Å². The number of aryl methyl sites for hydroxylation is 1. The molecule has 0 aliphatic heterocycles. The zero-order chi connectivity index (χ0) is 12.6. The molecule has 6 heteroatoms. The fraction of sp³-hybridized carbons (Fsp3) is 0.364. The monoisotopic (exact) mass is 233 g/mol. The predicted octanol–water partition coefficient (Wildman–Crippen LogP) is 0.629. The van der Waals surface area contributed by atoms with Crippen molar-refractivity contribution < 1.29 is 4.79 Å². The summed E-state index contributed by atoms with van der Waals surface area (Å²) >= 11 is 0. The molecule has 17 heavy (non-hydrogen) atoms. The number of hydrogen-bond donors (Lipinski definition) is 2. The average molecular weight is 233 g/mol. The van der Waals surface area contributed by atoms with Crippen LogP contribution in [0.25, 0.3) is 11.2 Å². The van der Waals surface area contributed by atoms with Gasteiger partial charge >= 0.3 is 0 Å². The van der Waals surface area contributed by atoms with Gasteiger partial charge in [-0.2, -0.15) is 0 Å². The molecule has 3 N–H and O–H groups in total. The van der Waals surface area contributed by atoms with E-state index in [0.717, 1.165) is 11.1 Å². The van der Waals surface area contributed by atoms with Gasteiger partial charge < -0.3 is 11.1 Å². The molecule has 2 aromatic rings. The van der Waals surface area contributed by atoms with Crippen molar-refractivity contribution in [3.05, 3.63) is 17.8 Å². The lowest BCUT2D eigenvalue weighted by Crippen LogP contribution is -2.28. The number of aromatic nitrogens is 3. The van der Waals surface area contributed by atoms with E-state index >= 15 is 0 Å².